The molecule has 1 N–H and O–H groups in total. The number of morpholine rings is 1. The van der Waals surface area contributed by atoms with Crippen molar-refractivity contribution in [3.05, 3.63) is 64.3 Å². The van der Waals surface area contributed by atoms with E-state index in [-0.39, 0.29) is 17.6 Å². The number of ether oxygens (including phenoxy) is 1. The van der Waals surface area contributed by atoms with Gasteiger partial charge in [0.15, 0.2) is 0 Å². The molecular formula is C20H17BrN2O4. The molecule has 0 unspecified atom stereocenters. The lowest BCUT2D eigenvalue weighted by Gasteiger charge is -2.26. The summed E-state index contributed by atoms with van der Waals surface area (Å²) >= 11 is 3.36. The highest BCUT2D eigenvalue weighted by molar-refractivity contribution is 9.10. The minimum absolute atomic E-state index is 0.142. The van der Waals surface area contributed by atoms with Crippen LogP contribution in [0.5, 0.6) is 0 Å². The van der Waals surface area contributed by atoms with Crippen molar-refractivity contribution < 1.29 is 18.7 Å². The van der Waals surface area contributed by atoms with E-state index in [0.717, 1.165) is 4.47 Å². The molecule has 0 spiro atoms. The van der Waals surface area contributed by atoms with Gasteiger partial charge in [0.2, 0.25) is 5.76 Å². The van der Waals surface area contributed by atoms with Crippen LogP contribution in [-0.2, 0) is 4.74 Å². The van der Waals surface area contributed by atoms with Crippen LogP contribution in [0.1, 0.15) is 20.9 Å². The minimum atomic E-state index is -0.301. The Balaban J connectivity index is 1.70. The van der Waals surface area contributed by atoms with Gasteiger partial charge in [-0.3, -0.25) is 9.59 Å². The number of hydrogen-bond acceptors (Lipinski definition) is 4. The molecule has 138 valence electrons. The van der Waals surface area contributed by atoms with Crippen molar-refractivity contribution in [2.45, 2.75) is 0 Å². The molecule has 0 aliphatic carbocycles. The first-order valence-electron chi connectivity index (χ1n) is 8.59. The third-order valence-electron chi connectivity index (χ3n) is 4.43. The molecule has 0 radical (unpaired) electrons. The molecule has 0 bridgehead atoms. The molecule has 7 heteroatoms. The summed E-state index contributed by atoms with van der Waals surface area (Å²) in [6.45, 7) is 1.98. The number of hydrogen-bond donors (Lipinski definition) is 1. The average Bonchev–Trinajstić information content (AvgIpc) is 3.07. The summed E-state index contributed by atoms with van der Waals surface area (Å²) < 4.78 is 12.0. The summed E-state index contributed by atoms with van der Waals surface area (Å²) in [5.74, 6) is -0.408. The second-order valence-corrected chi connectivity index (χ2v) is 7.08. The summed E-state index contributed by atoms with van der Waals surface area (Å²) in [5, 5.41) is 3.56. The zero-order valence-corrected chi connectivity index (χ0v) is 16.0. The van der Waals surface area contributed by atoms with Crippen LogP contribution in [0.25, 0.3) is 11.0 Å². The molecule has 27 heavy (non-hydrogen) atoms. The van der Waals surface area contributed by atoms with Crippen molar-refractivity contribution in [3.63, 3.8) is 0 Å². The van der Waals surface area contributed by atoms with Crippen LogP contribution in [0.3, 0.4) is 0 Å². The third-order valence-corrected chi connectivity index (χ3v) is 4.96. The fourth-order valence-corrected chi connectivity index (χ4v) is 3.28. The Labute approximate surface area is 164 Å². The molecule has 0 atom stereocenters. The number of nitrogens with one attached hydrogen (secondary N) is 1. The fourth-order valence-electron chi connectivity index (χ4n) is 3.02. The van der Waals surface area contributed by atoms with Gasteiger partial charge in [0.05, 0.1) is 13.2 Å². The first-order chi connectivity index (χ1) is 13.1. The Morgan fingerprint density at radius 1 is 1.00 bits per heavy atom. The van der Waals surface area contributed by atoms with Crippen molar-refractivity contribution >= 4 is 44.4 Å². The molecule has 4 rings (SSSR count). The molecule has 6 nitrogen and oxygen atoms in total. The van der Waals surface area contributed by atoms with Gasteiger partial charge in [-0.1, -0.05) is 28.1 Å². The van der Waals surface area contributed by atoms with Crippen molar-refractivity contribution in [2.24, 2.45) is 0 Å². The third kappa shape index (κ3) is 3.61. The van der Waals surface area contributed by atoms with Crippen LogP contribution >= 0.6 is 15.9 Å². The second-order valence-electron chi connectivity index (χ2n) is 6.17. The predicted molar refractivity (Wildman–Crippen MR) is 105 cm³/mol. The molecule has 1 aromatic heterocycles. The number of carbonyl (C=O) groups excluding carboxylic acids is 2. The van der Waals surface area contributed by atoms with Gasteiger partial charge < -0.3 is 19.4 Å². The first-order valence-corrected chi connectivity index (χ1v) is 9.38. The van der Waals surface area contributed by atoms with Gasteiger partial charge >= 0.3 is 0 Å². The normalized spacial score (nSPS) is 14.3. The quantitative estimate of drug-likeness (QED) is 0.685. The van der Waals surface area contributed by atoms with Crippen LogP contribution in [0.4, 0.5) is 5.69 Å². The smallest absolute Gasteiger partial charge is 0.291 e. The van der Waals surface area contributed by atoms with Gasteiger partial charge in [0, 0.05) is 28.5 Å². The Morgan fingerprint density at radius 3 is 2.44 bits per heavy atom. The maximum absolute atomic E-state index is 13.0. The molecule has 1 aliphatic rings. The largest absolute Gasteiger partial charge is 0.449 e. The SMILES string of the molecule is O=C(Nc1c(C(=O)N2CCOCC2)oc2ccccc12)c1ccc(Br)cc1. The van der Waals surface area contributed by atoms with Gasteiger partial charge in [-0.2, -0.15) is 0 Å². The van der Waals surface area contributed by atoms with Crippen LogP contribution in [-0.4, -0.2) is 43.0 Å². The van der Waals surface area contributed by atoms with E-state index in [1.807, 2.05) is 18.2 Å². The summed E-state index contributed by atoms with van der Waals surface area (Å²) in [6, 6.07) is 14.3. The summed E-state index contributed by atoms with van der Waals surface area (Å²) in [4.78, 5) is 27.4. The topological polar surface area (TPSA) is 71.8 Å². The molecule has 2 amide bonds. The van der Waals surface area contributed by atoms with Gasteiger partial charge in [-0.25, -0.2) is 0 Å². The Hall–Kier alpha value is -2.64. The van der Waals surface area contributed by atoms with E-state index in [9.17, 15) is 9.59 Å². The van der Waals surface area contributed by atoms with E-state index in [1.54, 1.807) is 35.2 Å². The number of rotatable bonds is 3. The van der Waals surface area contributed by atoms with Crippen molar-refractivity contribution in [2.75, 3.05) is 31.6 Å². The Kier molecular flexibility index (Phi) is 4.96. The van der Waals surface area contributed by atoms with E-state index in [4.69, 9.17) is 9.15 Å². The lowest BCUT2D eigenvalue weighted by Crippen LogP contribution is -2.40. The average molecular weight is 429 g/mol. The molecule has 1 saturated heterocycles. The predicted octanol–water partition coefficient (Wildman–Crippen LogP) is 3.92. The molecule has 1 aliphatic heterocycles. The van der Waals surface area contributed by atoms with Crippen LogP contribution < -0.4 is 5.32 Å². The number of para-hydroxylation sites is 1. The van der Waals surface area contributed by atoms with Crippen molar-refractivity contribution in [1.29, 1.82) is 0 Å². The number of nitrogens with zero attached hydrogens (tertiary/aromatic N) is 1. The van der Waals surface area contributed by atoms with Crippen molar-refractivity contribution in [1.82, 2.24) is 4.90 Å². The van der Waals surface area contributed by atoms with Gasteiger partial charge in [0.25, 0.3) is 11.8 Å². The number of halogens is 1. The molecule has 0 saturated carbocycles. The number of furan rings is 1. The maximum atomic E-state index is 13.0. The monoisotopic (exact) mass is 428 g/mol. The van der Waals surface area contributed by atoms with Crippen molar-refractivity contribution in [3.8, 4) is 0 Å². The summed E-state index contributed by atoms with van der Waals surface area (Å²) in [5.41, 5.74) is 1.45. The highest BCUT2D eigenvalue weighted by atomic mass is 79.9. The lowest BCUT2D eigenvalue weighted by atomic mass is 10.1. The van der Waals surface area contributed by atoms with E-state index < -0.39 is 0 Å². The fraction of sp³-hybridized carbons (Fsp3) is 0.200. The highest BCUT2D eigenvalue weighted by Crippen LogP contribution is 2.32. The Morgan fingerprint density at radius 2 is 1.70 bits per heavy atom. The van der Waals surface area contributed by atoms with Crippen LogP contribution in [0.15, 0.2) is 57.4 Å². The van der Waals surface area contributed by atoms with E-state index in [1.165, 1.54) is 0 Å². The zero-order valence-electron chi connectivity index (χ0n) is 14.4. The summed E-state index contributed by atoms with van der Waals surface area (Å²) in [6.07, 6.45) is 0. The zero-order chi connectivity index (χ0) is 18.8. The van der Waals surface area contributed by atoms with Gasteiger partial charge in [0.1, 0.15) is 11.3 Å². The molecular weight excluding hydrogens is 412 g/mol. The van der Waals surface area contributed by atoms with Crippen LogP contribution in [0, 0.1) is 0 Å². The van der Waals surface area contributed by atoms with Gasteiger partial charge in [-0.05, 0) is 36.4 Å². The van der Waals surface area contributed by atoms with E-state index >= 15 is 0 Å². The first kappa shape index (κ1) is 17.8. The molecule has 3 aromatic rings. The van der Waals surface area contributed by atoms with E-state index in [0.29, 0.717) is 48.5 Å². The standard InChI is InChI=1S/C20H17BrN2O4/c21-14-7-5-13(6-8-14)19(24)22-17-15-3-1-2-4-16(15)27-18(17)20(25)23-9-11-26-12-10-23/h1-8H,9-12H2,(H,22,24). The van der Waals surface area contributed by atoms with Gasteiger partial charge in [-0.15, -0.1) is 0 Å². The van der Waals surface area contributed by atoms with E-state index in [2.05, 4.69) is 21.2 Å². The highest BCUT2D eigenvalue weighted by Gasteiger charge is 2.27. The lowest BCUT2D eigenvalue weighted by molar-refractivity contribution is 0.0285. The molecule has 2 heterocycles. The number of amides is 2. The minimum Gasteiger partial charge on any atom is -0.449 e. The maximum Gasteiger partial charge on any atom is 0.291 e. The molecule has 1 fully saturated rings. The Bertz CT molecular complexity index is 991. The number of anilines is 1. The summed E-state index contributed by atoms with van der Waals surface area (Å²) in [7, 11) is 0. The van der Waals surface area contributed by atoms with Crippen LogP contribution in [0.2, 0.25) is 0 Å². The second kappa shape index (κ2) is 7.54. The number of carbonyl (C=O) groups is 2. The molecule has 2 aromatic carbocycles. The number of benzene rings is 2. The number of fused-ring (bicyclic) bond motifs is 1.